The van der Waals surface area contributed by atoms with Gasteiger partial charge in [-0.15, -0.1) is 0 Å². The SMILES string of the molecule is CCOC(=O)c1c(/C=C/c2cccc(Br)c2)nc2ccccc2c1C(=O)OCC. The van der Waals surface area contributed by atoms with E-state index in [4.69, 9.17) is 9.47 Å². The maximum Gasteiger partial charge on any atom is 0.341 e. The molecular weight excluding hydrogens is 434 g/mol. The summed E-state index contributed by atoms with van der Waals surface area (Å²) in [6.45, 7) is 3.82. The summed E-state index contributed by atoms with van der Waals surface area (Å²) in [5.74, 6) is -1.19. The highest BCUT2D eigenvalue weighted by Gasteiger charge is 2.26. The Bertz CT molecular complexity index is 1090. The molecule has 0 radical (unpaired) electrons. The highest BCUT2D eigenvalue weighted by Crippen LogP contribution is 2.27. The van der Waals surface area contributed by atoms with Crippen molar-refractivity contribution in [3.8, 4) is 0 Å². The molecule has 0 saturated heterocycles. The molecule has 0 unspecified atom stereocenters. The van der Waals surface area contributed by atoms with Crippen molar-refractivity contribution in [3.63, 3.8) is 0 Å². The number of benzene rings is 2. The number of hydrogen-bond donors (Lipinski definition) is 0. The standard InChI is InChI=1S/C23H20BrNO4/c1-3-28-22(26)20-17-10-5-6-11-18(17)25-19(21(20)23(27)29-4-2)13-12-15-8-7-9-16(24)14-15/h5-14H,3-4H2,1-2H3/b13-12+. The normalized spacial score (nSPS) is 11.0. The number of halogens is 1. The van der Waals surface area contributed by atoms with Gasteiger partial charge in [0.1, 0.15) is 5.56 Å². The van der Waals surface area contributed by atoms with Crippen molar-refractivity contribution in [2.75, 3.05) is 13.2 Å². The van der Waals surface area contributed by atoms with E-state index in [-0.39, 0.29) is 24.3 Å². The van der Waals surface area contributed by atoms with Gasteiger partial charge in [0.25, 0.3) is 0 Å². The molecule has 1 aromatic heterocycles. The van der Waals surface area contributed by atoms with Crippen LogP contribution in [0.1, 0.15) is 45.8 Å². The van der Waals surface area contributed by atoms with Gasteiger partial charge in [-0.1, -0.05) is 52.3 Å². The van der Waals surface area contributed by atoms with Crippen molar-refractivity contribution < 1.29 is 19.1 Å². The monoisotopic (exact) mass is 453 g/mol. The molecule has 0 aliphatic heterocycles. The third-order valence-electron chi connectivity index (χ3n) is 4.16. The molecule has 5 nitrogen and oxygen atoms in total. The minimum Gasteiger partial charge on any atom is -0.462 e. The number of rotatable bonds is 6. The second-order valence-electron chi connectivity index (χ2n) is 6.09. The Kier molecular flexibility index (Phi) is 6.77. The van der Waals surface area contributed by atoms with E-state index in [0.29, 0.717) is 16.6 Å². The van der Waals surface area contributed by atoms with Crippen LogP contribution in [-0.2, 0) is 9.47 Å². The van der Waals surface area contributed by atoms with Gasteiger partial charge in [-0.05, 0) is 43.7 Å². The van der Waals surface area contributed by atoms with Crippen molar-refractivity contribution in [1.29, 1.82) is 0 Å². The lowest BCUT2D eigenvalue weighted by Crippen LogP contribution is -2.17. The zero-order chi connectivity index (χ0) is 20.8. The summed E-state index contributed by atoms with van der Waals surface area (Å²) in [5.41, 5.74) is 2.14. The highest BCUT2D eigenvalue weighted by molar-refractivity contribution is 9.10. The molecular formula is C23H20BrNO4. The molecule has 148 valence electrons. The van der Waals surface area contributed by atoms with Crippen molar-refractivity contribution in [2.24, 2.45) is 0 Å². The van der Waals surface area contributed by atoms with Crippen LogP contribution < -0.4 is 0 Å². The van der Waals surface area contributed by atoms with Crippen LogP contribution in [0.2, 0.25) is 0 Å². The van der Waals surface area contributed by atoms with Crippen LogP contribution in [0, 0.1) is 0 Å². The maximum atomic E-state index is 12.8. The number of nitrogens with zero attached hydrogens (tertiary/aromatic N) is 1. The second kappa shape index (κ2) is 9.47. The van der Waals surface area contributed by atoms with Gasteiger partial charge in [0.05, 0.1) is 30.0 Å². The first kappa shape index (κ1) is 20.7. The summed E-state index contributed by atoms with van der Waals surface area (Å²) in [7, 11) is 0. The number of ether oxygens (including phenoxy) is 2. The molecule has 0 saturated carbocycles. The van der Waals surface area contributed by atoms with Crippen LogP contribution >= 0.6 is 15.9 Å². The first-order valence-electron chi connectivity index (χ1n) is 9.25. The molecule has 0 atom stereocenters. The molecule has 0 spiro atoms. The second-order valence-corrected chi connectivity index (χ2v) is 7.01. The number of fused-ring (bicyclic) bond motifs is 1. The lowest BCUT2D eigenvalue weighted by molar-refractivity contribution is 0.0480. The van der Waals surface area contributed by atoms with Crippen molar-refractivity contribution in [2.45, 2.75) is 13.8 Å². The Morgan fingerprint density at radius 3 is 2.31 bits per heavy atom. The van der Waals surface area contributed by atoms with Gasteiger partial charge in [-0.25, -0.2) is 14.6 Å². The Morgan fingerprint density at radius 2 is 1.62 bits per heavy atom. The number of carbonyl (C=O) groups excluding carboxylic acids is 2. The van der Waals surface area contributed by atoms with Gasteiger partial charge in [0.2, 0.25) is 0 Å². The van der Waals surface area contributed by atoms with Gasteiger partial charge < -0.3 is 9.47 Å². The maximum absolute atomic E-state index is 12.8. The van der Waals surface area contributed by atoms with Crippen molar-refractivity contribution >= 4 is 50.9 Å². The third kappa shape index (κ3) is 4.71. The first-order valence-corrected chi connectivity index (χ1v) is 10.0. The fourth-order valence-electron chi connectivity index (χ4n) is 2.96. The van der Waals surface area contributed by atoms with E-state index in [1.807, 2.05) is 36.4 Å². The van der Waals surface area contributed by atoms with E-state index in [1.165, 1.54) is 0 Å². The van der Waals surface area contributed by atoms with Crippen LogP contribution in [-0.4, -0.2) is 30.1 Å². The number of aromatic nitrogens is 1. The fraction of sp³-hybridized carbons (Fsp3) is 0.174. The quantitative estimate of drug-likeness (QED) is 0.459. The zero-order valence-electron chi connectivity index (χ0n) is 16.1. The predicted octanol–water partition coefficient (Wildman–Crippen LogP) is 5.52. The molecule has 29 heavy (non-hydrogen) atoms. The summed E-state index contributed by atoms with van der Waals surface area (Å²) in [5, 5.41) is 0.550. The number of hydrogen-bond acceptors (Lipinski definition) is 5. The fourth-order valence-corrected chi connectivity index (χ4v) is 3.38. The lowest BCUT2D eigenvalue weighted by Gasteiger charge is -2.14. The Hall–Kier alpha value is -2.99. The topological polar surface area (TPSA) is 65.5 Å². The molecule has 2 aromatic carbocycles. The minimum atomic E-state index is -0.609. The van der Waals surface area contributed by atoms with Crippen molar-refractivity contribution in [1.82, 2.24) is 4.98 Å². The van der Waals surface area contributed by atoms with Crippen LogP contribution in [0.25, 0.3) is 23.1 Å². The molecule has 0 bridgehead atoms. The van der Waals surface area contributed by atoms with E-state index >= 15 is 0 Å². The Labute approximate surface area is 177 Å². The van der Waals surface area contributed by atoms with Gasteiger partial charge >= 0.3 is 11.9 Å². The summed E-state index contributed by atoms with van der Waals surface area (Å²) in [4.78, 5) is 30.2. The number of para-hydroxylation sites is 1. The third-order valence-corrected chi connectivity index (χ3v) is 4.66. The van der Waals surface area contributed by atoms with Crippen LogP contribution in [0.3, 0.4) is 0 Å². The zero-order valence-corrected chi connectivity index (χ0v) is 17.7. The molecule has 3 aromatic rings. The van der Waals surface area contributed by atoms with E-state index in [2.05, 4.69) is 20.9 Å². The lowest BCUT2D eigenvalue weighted by atomic mass is 9.99. The summed E-state index contributed by atoms with van der Waals surface area (Å²) in [6.07, 6.45) is 3.54. The van der Waals surface area contributed by atoms with Crippen LogP contribution in [0.15, 0.2) is 53.0 Å². The highest BCUT2D eigenvalue weighted by atomic mass is 79.9. The van der Waals surface area contributed by atoms with Gasteiger partial charge in [0, 0.05) is 9.86 Å². The average molecular weight is 454 g/mol. The van der Waals surface area contributed by atoms with E-state index in [0.717, 1.165) is 10.0 Å². The molecule has 0 amide bonds. The number of esters is 2. The number of carbonyl (C=O) groups is 2. The molecule has 0 N–H and O–H groups in total. The van der Waals surface area contributed by atoms with Gasteiger partial charge in [-0.2, -0.15) is 0 Å². The molecule has 1 heterocycles. The Morgan fingerprint density at radius 1 is 0.931 bits per heavy atom. The summed E-state index contributed by atoms with van der Waals surface area (Å²) >= 11 is 3.44. The van der Waals surface area contributed by atoms with E-state index < -0.39 is 11.9 Å². The minimum absolute atomic E-state index is 0.107. The van der Waals surface area contributed by atoms with Crippen LogP contribution in [0.5, 0.6) is 0 Å². The van der Waals surface area contributed by atoms with Gasteiger partial charge in [0.15, 0.2) is 0 Å². The van der Waals surface area contributed by atoms with Crippen molar-refractivity contribution in [3.05, 3.63) is 75.4 Å². The summed E-state index contributed by atoms with van der Waals surface area (Å²) < 4.78 is 11.4. The molecule has 0 aliphatic carbocycles. The molecule has 3 rings (SSSR count). The van der Waals surface area contributed by atoms with Crippen LogP contribution in [0.4, 0.5) is 0 Å². The predicted molar refractivity (Wildman–Crippen MR) is 117 cm³/mol. The summed E-state index contributed by atoms with van der Waals surface area (Å²) in [6, 6.07) is 14.9. The molecule has 6 heteroatoms. The first-order chi connectivity index (χ1) is 14.0. The smallest absolute Gasteiger partial charge is 0.341 e. The largest absolute Gasteiger partial charge is 0.462 e. The van der Waals surface area contributed by atoms with Gasteiger partial charge in [-0.3, -0.25) is 0 Å². The van der Waals surface area contributed by atoms with E-state index in [9.17, 15) is 9.59 Å². The molecule has 0 fully saturated rings. The Balaban J connectivity index is 2.25. The van der Waals surface area contributed by atoms with E-state index in [1.54, 1.807) is 38.1 Å². The molecule has 0 aliphatic rings. The number of pyridine rings is 1. The average Bonchev–Trinajstić information content (AvgIpc) is 2.71.